The van der Waals surface area contributed by atoms with Gasteiger partial charge in [-0.2, -0.15) is 0 Å². The number of hydrogen-bond acceptors (Lipinski definition) is 7. The Balaban J connectivity index is 1.83. The topological polar surface area (TPSA) is 102 Å². The van der Waals surface area contributed by atoms with Gasteiger partial charge in [0.15, 0.2) is 5.16 Å². The van der Waals surface area contributed by atoms with E-state index in [0.717, 1.165) is 5.69 Å². The summed E-state index contributed by atoms with van der Waals surface area (Å²) in [7, 11) is 1.30. The highest BCUT2D eigenvalue weighted by Gasteiger charge is 2.14. The summed E-state index contributed by atoms with van der Waals surface area (Å²) in [5.74, 6) is 1.15. The maximum absolute atomic E-state index is 11.5. The van der Waals surface area contributed by atoms with Gasteiger partial charge in [-0.25, -0.2) is 4.79 Å². The number of nitrogens with zero attached hydrogens (tertiary/aromatic N) is 3. The highest BCUT2D eigenvalue weighted by Crippen LogP contribution is 2.23. The van der Waals surface area contributed by atoms with Gasteiger partial charge in [0, 0.05) is 11.8 Å². The molecule has 0 aromatic carbocycles. The van der Waals surface area contributed by atoms with Crippen molar-refractivity contribution in [3.8, 4) is 0 Å². The average molecular weight is 334 g/mol. The van der Waals surface area contributed by atoms with E-state index in [-0.39, 0.29) is 11.3 Å². The van der Waals surface area contributed by atoms with Gasteiger partial charge in [0.25, 0.3) is 5.56 Å². The van der Waals surface area contributed by atoms with Crippen molar-refractivity contribution in [3.05, 3.63) is 45.8 Å². The molecule has 0 unspecified atom stereocenters. The fourth-order valence-corrected chi connectivity index (χ4v) is 2.99. The molecule has 23 heavy (non-hydrogen) atoms. The average Bonchev–Trinajstić information content (AvgIpc) is 3.18. The first-order valence-corrected chi connectivity index (χ1v) is 7.88. The minimum Gasteiger partial charge on any atom is -0.463 e. The van der Waals surface area contributed by atoms with Crippen LogP contribution >= 0.6 is 11.8 Å². The van der Waals surface area contributed by atoms with Gasteiger partial charge in [-0.1, -0.05) is 18.7 Å². The maximum Gasteiger partial charge on any atom is 0.373 e. The summed E-state index contributed by atoms with van der Waals surface area (Å²) in [6, 6.07) is 4.81. The number of nitrogens with one attached hydrogen (secondary N) is 1. The molecule has 1 N–H and O–H groups in total. The molecule has 0 aliphatic carbocycles. The first-order valence-electron chi connectivity index (χ1n) is 6.89. The second-order valence-electron chi connectivity index (χ2n) is 4.67. The Hall–Kier alpha value is -2.55. The molecule has 0 aliphatic heterocycles. The number of aromatic amines is 1. The van der Waals surface area contributed by atoms with E-state index in [2.05, 4.69) is 19.9 Å². The summed E-state index contributed by atoms with van der Waals surface area (Å²) in [5, 5.41) is 8.71. The van der Waals surface area contributed by atoms with Crippen LogP contribution in [-0.2, 0) is 16.9 Å². The summed E-state index contributed by atoms with van der Waals surface area (Å²) in [4.78, 5) is 25.6. The number of aromatic nitrogens is 4. The van der Waals surface area contributed by atoms with Gasteiger partial charge in [0.05, 0.1) is 12.9 Å². The minimum atomic E-state index is -0.514. The summed E-state index contributed by atoms with van der Waals surface area (Å²) >= 11 is 1.40. The Labute approximate surface area is 134 Å². The van der Waals surface area contributed by atoms with Crippen LogP contribution in [0, 0.1) is 0 Å². The molecule has 3 rings (SSSR count). The molecule has 0 saturated carbocycles. The first kappa shape index (κ1) is 15.3. The molecule has 0 fully saturated rings. The predicted molar refractivity (Wildman–Crippen MR) is 82.6 cm³/mol. The van der Waals surface area contributed by atoms with Crippen LogP contribution in [0.5, 0.6) is 0 Å². The minimum absolute atomic E-state index is 0.160. The van der Waals surface area contributed by atoms with Gasteiger partial charge in [-0.05, 0) is 18.6 Å². The molecule has 3 aromatic rings. The standard InChI is InChI=1S/C14H14N4O4S/c1-3-8-6-11(19)15-13-16-17-14(18(8)13)23-7-9-4-5-10(22-9)12(20)21-2/h4-6H,3,7H2,1-2H3,(H,15,16,19). The monoisotopic (exact) mass is 334 g/mol. The van der Waals surface area contributed by atoms with Crippen molar-refractivity contribution in [3.63, 3.8) is 0 Å². The van der Waals surface area contributed by atoms with E-state index >= 15 is 0 Å². The number of methoxy groups -OCH3 is 1. The highest BCUT2D eigenvalue weighted by atomic mass is 32.2. The summed E-state index contributed by atoms with van der Waals surface area (Å²) in [5.41, 5.74) is 0.623. The third-order valence-electron chi connectivity index (χ3n) is 3.21. The summed E-state index contributed by atoms with van der Waals surface area (Å²) in [6.07, 6.45) is 0.680. The van der Waals surface area contributed by atoms with Crippen LogP contribution in [0.1, 0.15) is 28.9 Å². The third-order valence-corrected chi connectivity index (χ3v) is 4.16. The molecule has 3 heterocycles. The lowest BCUT2D eigenvalue weighted by atomic mass is 10.3. The van der Waals surface area contributed by atoms with E-state index in [1.807, 2.05) is 6.92 Å². The summed E-state index contributed by atoms with van der Waals surface area (Å²) in [6.45, 7) is 1.96. The van der Waals surface area contributed by atoms with Gasteiger partial charge in [0.1, 0.15) is 5.76 Å². The molecule has 9 heteroatoms. The fourth-order valence-electron chi connectivity index (χ4n) is 2.13. The van der Waals surface area contributed by atoms with Gasteiger partial charge < -0.3 is 9.15 Å². The van der Waals surface area contributed by atoms with Crippen LogP contribution in [0.2, 0.25) is 0 Å². The normalized spacial score (nSPS) is 11.0. The Morgan fingerprint density at radius 2 is 2.26 bits per heavy atom. The molecular formula is C14H14N4O4S. The smallest absolute Gasteiger partial charge is 0.373 e. The Morgan fingerprint density at radius 3 is 3.00 bits per heavy atom. The lowest BCUT2D eigenvalue weighted by molar-refractivity contribution is 0.0563. The first-order chi connectivity index (χ1) is 11.1. The molecule has 0 spiro atoms. The molecule has 0 radical (unpaired) electrons. The van der Waals surface area contributed by atoms with Crippen molar-refractivity contribution < 1.29 is 13.9 Å². The molecular weight excluding hydrogens is 320 g/mol. The molecule has 120 valence electrons. The van der Waals surface area contributed by atoms with Crippen LogP contribution in [0.3, 0.4) is 0 Å². The van der Waals surface area contributed by atoms with Crippen LogP contribution in [0.4, 0.5) is 0 Å². The molecule has 0 bridgehead atoms. The number of carbonyl (C=O) groups is 1. The number of fused-ring (bicyclic) bond motifs is 1. The van der Waals surface area contributed by atoms with Crippen LogP contribution < -0.4 is 5.56 Å². The van der Waals surface area contributed by atoms with E-state index in [4.69, 9.17) is 4.42 Å². The lowest BCUT2D eigenvalue weighted by Gasteiger charge is -2.03. The Kier molecular flexibility index (Phi) is 4.20. The Morgan fingerprint density at radius 1 is 1.43 bits per heavy atom. The molecule has 3 aromatic heterocycles. The number of thioether (sulfide) groups is 1. The number of carbonyl (C=O) groups excluding carboxylic acids is 1. The van der Waals surface area contributed by atoms with Crippen LogP contribution in [-0.4, -0.2) is 32.7 Å². The number of esters is 1. The Bertz CT molecular complexity index is 911. The molecule has 0 saturated heterocycles. The van der Waals surface area contributed by atoms with Crippen molar-refractivity contribution in [2.24, 2.45) is 0 Å². The lowest BCUT2D eigenvalue weighted by Crippen LogP contribution is -2.11. The van der Waals surface area contributed by atoms with E-state index in [1.54, 1.807) is 16.5 Å². The zero-order chi connectivity index (χ0) is 16.4. The van der Waals surface area contributed by atoms with Crippen molar-refractivity contribution >= 4 is 23.5 Å². The maximum atomic E-state index is 11.5. The number of hydrogen-bond donors (Lipinski definition) is 1. The van der Waals surface area contributed by atoms with Crippen molar-refractivity contribution in [2.45, 2.75) is 24.3 Å². The number of aryl methyl sites for hydroxylation is 1. The van der Waals surface area contributed by atoms with Crippen molar-refractivity contribution in [2.75, 3.05) is 7.11 Å². The van der Waals surface area contributed by atoms with E-state index in [1.165, 1.54) is 24.9 Å². The highest BCUT2D eigenvalue weighted by molar-refractivity contribution is 7.98. The van der Waals surface area contributed by atoms with E-state index in [0.29, 0.717) is 28.9 Å². The van der Waals surface area contributed by atoms with Gasteiger partial charge in [-0.3, -0.25) is 14.2 Å². The zero-order valence-electron chi connectivity index (χ0n) is 12.5. The van der Waals surface area contributed by atoms with Crippen LogP contribution in [0.25, 0.3) is 5.78 Å². The van der Waals surface area contributed by atoms with E-state index < -0.39 is 5.97 Å². The number of furan rings is 1. The molecule has 0 aliphatic rings. The number of rotatable bonds is 5. The second-order valence-corrected chi connectivity index (χ2v) is 5.61. The van der Waals surface area contributed by atoms with Crippen LogP contribution in [0.15, 0.2) is 32.6 Å². The summed E-state index contributed by atoms with van der Waals surface area (Å²) < 4.78 is 11.8. The second kappa shape index (κ2) is 6.29. The number of H-pyrrole nitrogens is 1. The van der Waals surface area contributed by atoms with Crippen molar-refractivity contribution in [1.29, 1.82) is 0 Å². The third kappa shape index (κ3) is 3.00. The van der Waals surface area contributed by atoms with Gasteiger partial charge in [-0.15, -0.1) is 10.2 Å². The largest absolute Gasteiger partial charge is 0.463 e. The van der Waals surface area contributed by atoms with Gasteiger partial charge >= 0.3 is 5.97 Å². The molecule has 8 nitrogen and oxygen atoms in total. The van der Waals surface area contributed by atoms with Gasteiger partial charge in [0.2, 0.25) is 11.5 Å². The van der Waals surface area contributed by atoms with Crippen molar-refractivity contribution in [1.82, 2.24) is 19.6 Å². The van der Waals surface area contributed by atoms with E-state index in [9.17, 15) is 9.59 Å². The fraction of sp³-hybridized carbons (Fsp3) is 0.286. The molecule has 0 atom stereocenters. The predicted octanol–water partition coefficient (Wildman–Crippen LogP) is 1.65. The quantitative estimate of drug-likeness (QED) is 0.559. The molecule has 0 amide bonds. The number of ether oxygens (including phenoxy) is 1. The zero-order valence-corrected chi connectivity index (χ0v) is 13.3. The SMILES string of the molecule is CCc1cc(=O)[nH]c2nnc(SCc3ccc(C(=O)OC)o3)n12.